The highest BCUT2D eigenvalue weighted by Crippen LogP contribution is 2.31. The fraction of sp³-hybridized carbons (Fsp3) is 0.643. The topological polar surface area (TPSA) is 62.3 Å². The van der Waals surface area contributed by atoms with E-state index in [-0.39, 0.29) is 16.9 Å². The van der Waals surface area contributed by atoms with Crippen LogP contribution >= 0.6 is 0 Å². The molecule has 34 heavy (non-hydrogen) atoms. The van der Waals surface area contributed by atoms with Crippen LogP contribution in [0.5, 0.6) is 5.88 Å². The Labute approximate surface area is 205 Å². The van der Waals surface area contributed by atoms with Crippen LogP contribution in [0.2, 0.25) is 0 Å². The van der Waals surface area contributed by atoms with Crippen LogP contribution in [-0.2, 0) is 10.8 Å². The Hall–Kier alpha value is -2.34. The van der Waals surface area contributed by atoms with Crippen LogP contribution in [0.1, 0.15) is 78.4 Å². The maximum Gasteiger partial charge on any atom is 0.215 e. The van der Waals surface area contributed by atoms with Gasteiger partial charge in [0.1, 0.15) is 17.7 Å². The molecule has 0 aliphatic carbocycles. The SMILES string of the molecule is CC(C)(C)c1ccnc(NC2CCCN(c3cc(C(C)(C)C)cc(OC4CCNCC4)n3)C2)c1. The third-order valence-corrected chi connectivity index (χ3v) is 6.95. The number of ether oxygens (including phenoxy) is 1. The molecule has 4 heterocycles. The summed E-state index contributed by atoms with van der Waals surface area (Å²) in [5, 5.41) is 7.11. The summed E-state index contributed by atoms with van der Waals surface area (Å²) in [6.45, 7) is 17.5. The number of hydrogen-bond donors (Lipinski definition) is 2. The standard InChI is InChI=1S/C28H43N5O/c1-27(2,3)20-9-14-30-24(16-20)31-22-8-7-15-33(19-22)25-17-21(28(4,5)6)18-26(32-25)34-23-10-12-29-13-11-23/h9,14,16-18,22-23,29H,7-8,10-13,15,19H2,1-6H3,(H,30,31). The molecule has 2 aliphatic rings. The Morgan fingerprint density at radius 1 is 0.971 bits per heavy atom. The van der Waals surface area contributed by atoms with Crippen molar-refractivity contribution < 1.29 is 4.74 Å². The maximum atomic E-state index is 6.39. The van der Waals surface area contributed by atoms with Crippen molar-refractivity contribution in [1.29, 1.82) is 0 Å². The Balaban J connectivity index is 1.51. The van der Waals surface area contributed by atoms with E-state index in [9.17, 15) is 0 Å². The second-order valence-electron chi connectivity index (χ2n) is 12.0. The predicted octanol–water partition coefficient (Wildman–Crippen LogP) is 5.28. The summed E-state index contributed by atoms with van der Waals surface area (Å²) in [6.07, 6.45) is 6.49. The number of anilines is 2. The quantitative estimate of drug-likeness (QED) is 0.626. The summed E-state index contributed by atoms with van der Waals surface area (Å²) in [5.74, 6) is 2.76. The van der Waals surface area contributed by atoms with Crippen molar-refractivity contribution in [3.05, 3.63) is 41.6 Å². The van der Waals surface area contributed by atoms with Gasteiger partial charge in [-0.3, -0.25) is 0 Å². The molecule has 0 spiro atoms. The van der Waals surface area contributed by atoms with Crippen LogP contribution in [0.3, 0.4) is 0 Å². The van der Waals surface area contributed by atoms with Gasteiger partial charge in [0.25, 0.3) is 0 Å². The van der Waals surface area contributed by atoms with Gasteiger partial charge in [0.2, 0.25) is 5.88 Å². The van der Waals surface area contributed by atoms with Gasteiger partial charge in [0.15, 0.2) is 0 Å². The normalized spacial score (nSPS) is 20.3. The molecule has 0 radical (unpaired) electrons. The minimum atomic E-state index is 0.0364. The zero-order valence-corrected chi connectivity index (χ0v) is 21.9. The molecule has 2 aromatic heterocycles. The van der Waals surface area contributed by atoms with Gasteiger partial charge in [0, 0.05) is 31.4 Å². The third kappa shape index (κ3) is 6.41. The molecule has 1 atom stereocenters. The van der Waals surface area contributed by atoms with Crippen LogP contribution in [0.4, 0.5) is 11.6 Å². The third-order valence-electron chi connectivity index (χ3n) is 6.95. The molecule has 1 unspecified atom stereocenters. The number of piperidine rings is 2. The van der Waals surface area contributed by atoms with Gasteiger partial charge in [-0.2, -0.15) is 4.98 Å². The van der Waals surface area contributed by atoms with Gasteiger partial charge in [-0.05, 0) is 78.9 Å². The van der Waals surface area contributed by atoms with Crippen LogP contribution in [-0.4, -0.2) is 48.3 Å². The summed E-state index contributed by atoms with van der Waals surface area (Å²) in [4.78, 5) is 12.0. The summed E-state index contributed by atoms with van der Waals surface area (Å²) >= 11 is 0. The lowest BCUT2D eigenvalue weighted by molar-refractivity contribution is 0.155. The highest BCUT2D eigenvalue weighted by molar-refractivity contribution is 5.48. The molecule has 0 amide bonds. The zero-order valence-electron chi connectivity index (χ0n) is 21.9. The van der Waals surface area contributed by atoms with Crippen LogP contribution < -0.4 is 20.3 Å². The smallest absolute Gasteiger partial charge is 0.215 e. The second-order valence-corrected chi connectivity index (χ2v) is 12.0. The minimum absolute atomic E-state index is 0.0364. The van der Waals surface area contributed by atoms with Crippen molar-refractivity contribution >= 4 is 11.6 Å². The number of nitrogens with zero attached hydrogens (tertiary/aromatic N) is 3. The summed E-state index contributed by atoms with van der Waals surface area (Å²) < 4.78 is 6.39. The summed E-state index contributed by atoms with van der Waals surface area (Å²) in [5.41, 5.74) is 2.72. The van der Waals surface area contributed by atoms with Gasteiger partial charge in [-0.1, -0.05) is 41.5 Å². The van der Waals surface area contributed by atoms with Crippen molar-refractivity contribution in [2.75, 3.05) is 36.4 Å². The molecule has 0 aromatic carbocycles. The second kappa shape index (κ2) is 10.1. The lowest BCUT2D eigenvalue weighted by Crippen LogP contribution is -2.43. The molecule has 0 saturated carbocycles. The van der Waals surface area contributed by atoms with E-state index >= 15 is 0 Å². The summed E-state index contributed by atoms with van der Waals surface area (Å²) in [7, 11) is 0. The minimum Gasteiger partial charge on any atom is -0.474 e. The van der Waals surface area contributed by atoms with E-state index in [2.05, 4.69) is 86.3 Å². The first-order chi connectivity index (χ1) is 16.1. The number of nitrogens with one attached hydrogen (secondary N) is 2. The number of rotatable bonds is 5. The Morgan fingerprint density at radius 2 is 1.71 bits per heavy atom. The highest BCUT2D eigenvalue weighted by atomic mass is 16.5. The average molecular weight is 466 g/mol. The van der Waals surface area contributed by atoms with Crippen LogP contribution in [0.15, 0.2) is 30.5 Å². The van der Waals surface area contributed by atoms with E-state index in [1.807, 2.05) is 6.20 Å². The molecule has 4 rings (SSSR count). The van der Waals surface area contributed by atoms with Crippen molar-refractivity contribution in [1.82, 2.24) is 15.3 Å². The van der Waals surface area contributed by atoms with E-state index in [0.717, 1.165) is 69.4 Å². The molecule has 2 aliphatic heterocycles. The summed E-state index contributed by atoms with van der Waals surface area (Å²) in [6, 6.07) is 9.06. The largest absolute Gasteiger partial charge is 0.474 e. The first kappa shape index (κ1) is 24.8. The molecule has 6 nitrogen and oxygen atoms in total. The highest BCUT2D eigenvalue weighted by Gasteiger charge is 2.25. The molecule has 186 valence electrons. The molecule has 0 bridgehead atoms. The van der Waals surface area contributed by atoms with Gasteiger partial charge in [-0.25, -0.2) is 4.98 Å². The van der Waals surface area contributed by atoms with Crippen molar-refractivity contribution in [2.24, 2.45) is 0 Å². The first-order valence-corrected chi connectivity index (χ1v) is 13.0. The average Bonchev–Trinajstić information content (AvgIpc) is 2.79. The monoisotopic (exact) mass is 465 g/mol. The fourth-order valence-electron chi connectivity index (χ4n) is 4.72. The van der Waals surface area contributed by atoms with E-state index in [1.165, 1.54) is 11.1 Å². The van der Waals surface area contributed by atoms with Gasteiger partial charge >= 0.3 is 0 Å². The predicted molar refractivity (Wildman–Crippen MR) is 141 cm³/mol. The van der Waals surface area contributed by atoms with Gasteiger partial charge in [-0.15, -0.1) is 0 Å². The zero-order chi connectivity index (χ0) is 24.3. The number of hydrogen-bond acceptors (Lipinski definition) is 6. The lowest BCUT2D eigenvalue weighted by atomic mass is 9.87. The van der Waals surface area contributed by atoms with Crippen molar-refractivity contribution in [2.45, 2.75) is 90.2 Å². The van der Waals surface area contributed by atoms with E-state index in [4.69, 9.17) is 9.72 Å². The molecule has 6 heteroatoms. The Bertz CT molecular complexity index is 956. The molecular weight excluding hydrogens is 422 g/mol. The van der Waals surface area contributed by atoms with Gasteiger partial charge < -0.3 is 20.3 Å². The Morgan fingerprint density at radius 3 is 2.41 bits per heavy atom. The lowest BCUT2D eigenvalue weighted by Gasteiger charge is -2.35. The maximum absolute atomic E-state index is 6.39. The van der Waals surface area contributed by atoms with E-state index in [1.54, 1.807) is 0 Å². The molecule has 2 N–H and O–H groups in total. The van der Waals surface area contributed by atoms with Crippen LogP contribution in [0.25, 0.3) is 0 Å². The molecule has 2 saturated heterocycles. The number of aromatic nitrogens is 2. The fourth-order valence-corrected chi connectivity index (χ4v) is 4.72. The number of pyridine rings is 2. The Kier molecular flexibility index (Phi) is 7.36. The van der Waals surface area contributed by atoms with Crippen molar-refractivity contribution in [3.8, 4) is 5.88 Å². The molecule has 2 aromatic rings. The van der Waals surface area contributed by atoms with E-state index in [0.29, 0.717) is 6.04 Å². The van der Waals surface area contributed by atoms with Gasteiger partial charge in [0.05, 0.1) is 0 Å². The first-order valence-electron chi connectivity index (χ1n) is 13.0. The molecule has 2 fully saturated rings. The molecular formula is C28H43N5O. The van der Waals surface area contributed by atoms with Crippen molar-refractivity contribution in [3.63, 3.8) is 0 Å². The van der Waals surface area contributed by atoms with E-state index < -0.39 is 0 Å². The van der Waals surface area contributed by atoms with Crippen LogP contribution in [0, 0.1) is 0 Å².